The lowest BCUT2D eigenvalue weighted by Crippen LogP contribution is -2.21. The van der Waals surface area contributed by atoms with Crippen LogP contribution in [-0.4, -0.2) is 27.9 Å². The molecule has 0 aliphatic heterocycles. The highest BCUT2D eigenvalue weighted by Gasteiger charge is 2.26. The maximum absolute atomic E-state index is 11.0. The van der Waals surface area contributed by atoms with Gasteiger partial charge in [0, 0.05) is 0 Å². The summed E-state index contributed by atoms with van der Waals surface area (Å²) in [6, 6.07) is 5.52. The molecule has 1 atom stereocenters. The van der Waals surface area contributed by atoms with Gasteiger partial charge in [0.15, 0.2) is 0 Å². The first-order chi connectivity index (χ1) is 10.9. The average Bonchev–Trinajstić information content (AvgIpc) is 2.50. The van der Waals surface area contributed by atoms with Crippen molar-refractivity contribution in [3.8, 4) is 0 Å². The van der Waals surface area contributed by atoms with Crippen molar-refractivity contribution in [3.63, 3.8) is 0 Å². The average molecular weight is 381 g/mol. The van der Waals surface area contributed by atoms with Gasteiger partial charge in [-0.25, -0.2) is 0 Å². The predicted molar refractivity (Wildman–Crippen MR) is 92.5 cm³/mol. The van der Waals surface area contributed by atoms with E-state index in [0.717, 1.165) is 24.7 Å². The summed E-state index contributed by atoms with van der Waals surface area (Å²) < 4.78 is 32.8. The third-order valence-electron chi connectivity index (χ3n) is 4.03. The molecule has 0 saturated heterocycles. The van der Waals surface area contributed by atoms with Crippen molar-refractivity contribution in [1.29, 1.82) is 0 Å². The summed E-state index contributed by atoms with van der Waals surface area (Å²) in [7, 11) is -3.44. The molecule has 1 fully saturated rings. The number of hydrogen-bond acceptors (Lipinski definition) is 4. The van der Waals surface area contributed by atoms with E-state index in [0.29, 0.717) is 16.0 Å². The van der Waals surface area contributed by atoms with Gasteiger partial charge in [-0.05, 0) is 36.5 Å². The van der Waals surface area contributed by atoms with E-state index < -0.39 is 10.1 Å². The van der Waals surface area contributed by atoms with Crippen LogP contribution in [-0.2, 0) is 19.0 Å². The second kappa shape index (κ2) is 8.67. The number of halogens is 2. The molecule has 130 valence electrons. The van der Waals surface area contributed by atoms with Crippen LogP contribution in [0.1, 0.15) is 43.8 Å². The lowest BCUT2D eigenvalue weighted by molar-refractivity contribution is -0.0129. The number of hydrogen-bond donors (Lipinski definition) is 0. The number of benzene rings is 1. The molecule has 23 heavy (non-hydrogen) atoms. The Labute approximate surface area is 148 Å². The Kier molecular flexibility index (Phi) is 7.17. The molecule has 7 heteroatoms. The van der Waals surface area contributed by atoms with Gasteiger partial charge in [-0.1, -0.05) is 48.5 Å². The Hall–Kier alpha value is -0.330. The largest absolute Gasteiger partial charge is 0.371 e. The maximum Gasteiger partial charge on any atom is 0.264 e. The van der Waals surface area contributed by atoms with Crippen LogP contribution in [0.3, 0.4) is 0 Å². The summed E-state index contributed by atoms with van der Waals surface area (Å²) in [5.41, 5.74) is 0.977. The standard InChI is InChI=1S/C16H22Cl2O4S/c1-23(19,20)22-10-9-21-16(12-5-3-2-4-6-12)13-7-8-14(17)15(18)11-13/h7-8,11-12,16H,2-6,9-10H2,1H3. The van der Waals surface area contributed by atoms with E-state index in [-0.39, 0.29) is 19.3 Å². The van der Waals surface area contributed by atoms with Gasteiger partial charge in [0.2, 0.25) is 0 Å². The van der Waals surface area contributed by atoms with E-state index in [1.54, 1.807) is 6.07 Å². The second-order valence-corrected chi connectivity index (χ2v) is 8.35. The molecule has 1 aliphatic rings. The first kappa shape index (κ1) is 19.0. The minimum absolute atomic E-state index is 0.0172. The molecule has 0 aromatic heterocycles. The molecule has 0 N–H and O–H groups in total. The van der Waals surface area contributed by atoms with Crippen LogP contribution in [0.25, 0.3) is 0 Å². The van der Waals surface area contributed by atoms with Crippen molar-refractivity contribution in [2.75, 3.05) is 19.5 Å². The summed E-state index contributed by atoms with van der Waals surface area (Å²) in [5, 5.41) is 1.01. The highest BCUT2D eigenvalue weighted by atomic mass is 35.5. The molecule has 1 unspecified atom stereocenters. The molecular weight excluding hydrogens is 359 g/mol. The molecule has 1 aromatic carbocycles. The Morgan fingerprint density at radius 1 is 1.13 bits per heavy atom. The van der Waals surface area contributed by atoms with Gasteiger partial charge in [-0.3, -0.25) is 4.18 Å². The van der Waals surface area contributed by atoms with Gasteiger partial charge in [-0.2, -0.15) is 8.42 Å². The fraction of sp³-hybridized carbons (Fsp3) is 0.625. The third-order valence-corrected chi connectivity index (χ3v) is 5.36. The predicted octanol–water partition coefficient (Wildman–Crippen LogP) is 4.61. The van der Waals surface area contributed by atoms with Crippen LogP contribution in [0, 0.1) is 5.92 Å². The van der Waals surface area contributed by atoms with Crippen LogP contribution < -0.4 is 0 Å². The van der Waals surface area contributed by atoms with Gasteiger partial charge in [0.25, 0.3) is 10.1 Å². The first-order valence-corrected chi connectivity index (χ1v) is 10.3. The van der Waals surface area contributed by atoms with Crippen molar-refractivity contribution in [2.24, 2.45) is 5.92 Å². The van der Waals surface area contributed by atoms with Crippen molar-refractivity contribution in [2.45, 2.75) is 38.2 Å². The Morgan fingerprint density at radius 3 is 2.43 bits per heavy atom. The normalized spacial score (nSPS) is 18.0. The van der Waals surface area contributed by atoms with E-state index in [1.165, 1.54) is 19.3 Å². The Bertz CT molecular complexity index is 613. The Balaban J connectivity index is 2.06. The third kappa shape index (κ3) is 6.24. The zero-order valence-corrected chi connectivity index (χ0v) is 15.5. The smallest absolute Gasteiger partial charge is 0.264 e. The lowest BCUT2D eigenvalue weighted by Gasteiger charge is -2.30. The van der Waals surface area contributed by atoms with Crippen molar-refractivity contribution in [1.82, 2.24) is 0 Å². The molecule has 0 amide bonds. The van der Waals surface area contributed by atoms with Gasteiger partial charge < -0.3 is 4.74 Å². The van der Waals surface area contributed by atoms with Gasteiger partial charge in [0.1, 0.15) is 0 Å². The molecule has 4 nitrogen and oxygen atoms in total. The van der Waals surface area contributed by atoms with E-state index in [4.69, 9.17) is 32.1 Å². The number of rotatable bonds is 7. The van der Waals surface area contributed by atoms with Crippen LogP contribution in [0.2, 0.25) is 10.0 Å². The molecule has 0 bridgehead atoms. The zero-order chi connectivity index (χ0) is 16.9. The first-order valence-electron chi connectivity index (χ1n) is 7.78. The SMILES string of the molecule is CS(=O)(=O)OCCOC(c1ccc(Cl)c(Cl)c1)C1CCCCC1. The minimum Gasteiger partial charge on any atom is -0.371 e. The summed E-state index contributed by atoms with van der Waals surface area (Å²) >= 11 is 12.1. The molecule has 2 rings (SSSR count). The molecule has 0 spiro atoms. The molecule has 0 heterocycles. The van der Waals surface area contributed by atoms with Crippen molar-refractivity contribution >= 4 is 33.3 Å². The van der Waals surface area contributed by atoms with Crippen LogP contribution in [0.15, 0.2) is 18.2 Å². The molecule has 0 radical (unpaired) electrons. The summed E-state index contributed by atoms with van der Waals surface area (Å²) in [5.74, 6) is 0.402. The topological polar surface area (TPSA) is 52.6 Å². The molecule has 1 aromatic rings. The minimum atomic E-state index is -3.44. The summed E-state index contributed by atoms with van der Waals surface area (Å²) in [4.78, 5) is 0. The Morgan fingerprint density at radius 2 is 1.83 bits per heavy atom. The fourth-order valence-electron chi connectivity index (χ4n) is 2.99. The fourth-order valence-corrected chi connectivity index (χ4v) is 3.67. The summed E-state index contributed by atoms with van der Waals surface area (Å²) in [6.45, 7) is 0.234. The van der Waals surface area contributed by atoms with Crippen molar-refractivity contribution < 1.29 is 17.3 Å². The van der Waals surface area contributed by atoms with Crippen LogP contribution in [0.4, 0.5) is 0 Å². The van der Waals surface area contributed by atoms with Gasteiger partial charge >= 0.3 is 0 Å². The second-order valence-electron chi connectivity index (χ2n) is 5.89. The van der Waals surface area contributed by atoms with Gasteiger partial charge in [0.05, 0.1) is 35.6 Å². The highest BCUT2D eigenvalue weighted by Crippen LogP contribution is 2.38. The number of ether oxygens (including phenoxy) is 1. The van der Waals surface area contributed by atoms with E-state index in [2.05, 4.69) is 0 Å². The quantitative estimate of drug-likeness (QED) is 0.511. The van der Waals surface area contributed by atoms with E-state index in [9.17, 15) is 8.42 Å². The molecular formula is C16H22Cl2O4S. The lowest BCUT2D eigenvalue weighted by atomic mass is 9.82. The molecule has 1 aliphatic carbocycles. The van der Waals surface area contributed by atoms with Crippen molar-refractivity contribution in [3.05, 3.63) is 33.8 Å². The molecule has 1 saturated carbocycles. The van der Waals surface area contributed by atoms with Crippen LogP contribution in [0.5, 0.6) is 0 Å². The monoisotopic (exact) mass is 380 g/mol. The summed E-state index contributed by atoms with van der Waals surface area (Å²) in [6.07, 6.45) is 6.73. The van der Waals surface area contributed by atoms with E-state index >= 15 is 0 Å². The van der Waals surface area contributed by atoms with E-state index in [1.807, 2.05) is 12.1 Å². The highest BCUT2D eigenvalue weighted by molar-refractivity contribution is 7.85. The van der Waals surface area contributed by atoms with Crippen LogP contribution >= 0.6 is 23.2 Å². The van der Waals surface area contributed by atoms with Gasteiger partial charge in [-0.15, -0.1) is 0 Å². The maximum atomic E-state index is 11.0. The zero-order valence-electron chi connectivity index (χ0n) is 13.1.